The van der Waals surface area contributed by atoms with Crippen LogP contribution in [0.25, 0.3) is 33.0 Å². The van der Waals surface area contributed by atoms with E-state index in [9.17, 15) is 0 Å². The number of fused-ring (bicyclic) bond motifs is 1. The molecule has 0 fully saturated rings. The Bertz CT molecular complexity index is 1620. The molecule has 200 valence electrons. The molecule has 0 heterocycles. The highest BCUT2D eigenvalue weighted by Gasteiger charge is 2.18. The molecular weight excluding hydrogens is 480 g/mol. The van der Waals surface area contributed by atoms with Gasteiger partial charge < -0.3 is 0 Å². The fourth-order valence-corrected chi connectivity index (χ4v) is 5.81. The van der Waals surface area contributed by atoms with Crippen molar-refractivity contribution in [1.29, 1.82) is 0 Å². The molecule has 0 saturated heterocycles. The molecule has 40 heavy (non-hydrogen) atoms. The third kappa shape index (κ3) is 6.02. The van der Waals surface area contributed by atoms with E-state index in [-0.39, 0.29) is 0 Å². The molecule has 0 N–H and O–H groups in total. The van der Waals surface area contributed by atoms with Crippen LogP contribution >= 0.6 is 0 Å². The van der Waals surface area contributed by atoms with Crippen LogP contribution in [0.5, 0.6) is 0 Å². The number of hydrogen-bond donors (Lipinski definition) is 0. The molecule has 0 spiro atoms. The Morgan fingerprint density at radius 3 is 2.33 bits per heavy atom. The summed E-state index contributed by atoms with van der Waals surface area (Å²) in [6.45, 7) is 10.9. The Kier molecular flexibility index (Phi) is 8.77. The van der Waals surface area contributed by atoms with Gasteiger partial charge in [0.2, 0.25) is 0 Å². The Morgan fingerprint density at radius 1 is 0.875 bits per heavy atom. The molecular formula is C40H40. The molecule has 5 rings (SSSR count). The summed E-state index contributed by atoms with van der Waals surface area (Å²) in [6.07, 6.45) is 17.6. The van der Waals surface area contributed by atoms with Crippen molar-refractivity contribution in [3.8, 4) is 11.1 Å². The third-order valence-corrected chi connectivity index (χ3v) is 8.27. The van der Waals surface area contributed by atoms with E-state index in [0.29, 0.717) is 5.92 Å². The van der Waals surface area contributed by atoms with Crippen molar-refractivity contribution < 1.29 is 0 Å². The van der Waals surface area contributed by atoms with Crippen LogP contribution in [0.15, 0.2) is 134 Å². The topological polar surface area (TPSA) is 0 Å². The number of rotatable bonds is 9. The highest BCUT2D eigenvalue weighted by atomic mass is 14.2. The first kappa shape index (κ1) is 27.4. The summed E-state index contributed by atoms with van der Waals surface area (Å²) in [5, 5.41) is 2.57. The second kappa shape index (κ2) is 12.8. The van der Waals surface area contributed by atoms with Gasteiger partial charge in [-0.2, -0.15) is 0 Å². The lowest BCUT2D eigenvalue weighted by atomic mass is 9.82. The van der Waals surface area contributed by atoms with Crippen molar-refractivity contribution in [2.75, 3.05) is 0 Å². The van der Waals surface area contributed by atoms with Gasteiger partial charge in [0.1, 0.15) is 0 Å². The summed E-state index contributed by atoms with van der Waals surface area (Å²) in [7, 11) is 0. The van der Waals surface area contributed by atoms with Gasteiger partial charge in [-0.1, -0.05) is 141 Å². The van der Waals surface area contributed by atoms with Crippen LogP contribution in [0.3, 0.4) is 0 Å². The first-order valence-electron chi connectivity index (χ1n) is 14.6. The maximum Gasteiger partial charge on any atom is -0.00677 e. The van der Waals surface area contributed by atoms with Gasteiger partial charge in [-0.25, -0.2) is 0 Å². The quantitative estimate of drug-likeness (QED) is 0.193. The van der Waals surface area contributed by atoms with E-state index < -0.39 is 0 Å². The lowest BCUT2D eigenvalue weighted by molar-refractivity contribution is 0.735. The molecule has 0 saturated carbocycles. The van der Waals surface area contributed by atoms with Gasteiger partial charge in [0, 0.05) is 0 Å². The predicted octanol–water partition coefficient (Wildman–Crippen LogP) is 11.6. The molecule has 1 unspecified atom stereocenters. The first-order chi connectivity index (χ1) is 19.6. The summed E-state index contributed by atoms with van der Waals surface area (Å²) in [5.41, 5.74) is 12.1. The second-order valence-corrected chi connectivity index (χ2v) is 10.9. The lowest BCUT2D eigenvalue weighted by Gasteiger charge is -2.22. The maximum absolute atomic E-state index is 4.07. The van der Waals surface area contributed by atoms with Crippen LogP contribution in [0.4, 0.5) is 0 Å². The molecule has 0 amide bonds. The molecule has 4 aromatic carbocycles. The zero-order valence-electron chi connectivity index (χ0n) is 24.2. The molecule has 1 aliphatic rings. The van der Waals surface area contributed by atoms with Gasteiger partial charge in [-0.3, -0.25) is 0 Å². The average Bonchev–Trinajstić information content (AvgIpc) is 3.00. The van der Waals surface area contributed by atoms with Gasteiger partial charge in [0.25, 0.3) is 0 Å². The van der Waals surface area contributed by atoms with Crippen molar-refractivity contribution in [2.24, 2.45) is 0 Å². The fourth-order valence-electron chi connectivity index (χ4n) is 5.81. The number of hydrogen-bond acceptors (Lipinski definition) is 0. The monoisotopic (exact) mass is 520 g/mol. The molecule has 1 atom stereocenters. The number of aryl methyl sites for hydroxylation is 1. The summed E-state index contributed by atoms with van der Waals surface area (Å²) in [4.78, 5) is 0. The third-order valence-electron chi connectivity index (χ3n) is 8.27. The van der Waals surface area contributed by atoms with Gasteiger partial charge in [0.05, 0.1) is 0 Å². The van der Waals surface area contributed by atoms with E-state index in [1.54, 1.807) is 0 Å². The summed E-state index contributed by atoms with van der Waals surface area (Å²) in [6, 6.07) is 31.0. The second-order valence-electron chi connectivity index (χ2n) is 10.9. The molecule has 0 heteroatoms. The van der Waals surface area contributed by atoms with Crippen molar-refractivity contribution in [1.82, 2.24) is 0 Å². The SMILES string of the molecule is C=C/C=C(\C=C/CC1=CC=C(c2ccccc2)CC1)c1cccc(C(C)CC)c1-c1cc2ccccc2cc1C. The van der Waals surface area contributed by atoms with Crippen LogP contribution in [-0.4, -0.2) is 0 Å². The van der Waals surface area contributed by atoms with Crippen LogP contribution in [0, 0.1) is 6.92 Å². The summed E-state index contributed by atoms with van der Waals surface area (Å²) in [5.74, 6) is 0.466. The van der Waals surface area contributed by atoms with Crippen LogP contribution in [0.1, 0.15) is 67.7 Å². The van der Waals surface area contributed by atoms with Crippen LogP contribution in [-0.2, 0) is 0 Å². The molecule has 4 aromatic rings. The first-order valence-corrected chi connectivity index (χ1v) is 14.6. The van der Waals surface area contributed by atoms with E-state index in [4.69, 9.17) is 0 Å². The Labute approximate surface area is 240 Å². The van der Waals surface area contributed by atoms with Gasteiger partial charge in [-0.15, -0.1) is 0 Å². The van der Waals surface area contributed by atoms with Crippen LogP contribution < -0.4 is 0 Å². The normalized spacial score (nSPS) is 14.7. The van der Waals surface area contributed by atoms with Crippen molar-refractivity contribution in [3.05, 3.63) is 156 Å². The van der Waals surface area contributed by atoms with Gasteiger partial charge in [-0.05, 0) is 99.9 Å². The van der Waals surface area contributed by atoms with Crippen LogP contribution in [0.2, 0.25) is 0 Å². The van der Waals surface area contributed by atoms with E-state index in [2.05, 4.69) is 143 Å². The molecule has 0 aliphatic heterocycles. The van der Waals surface area contributed by atoms with Crippen molar-refractivity contribution in [3.63, 3.8) is 0 Å². The highest BCUT2D eigenvalue weighted by Crippen LogP contribution is 2.40. The largest absolute Gasteiger partial charge is 0.0990 e. The lowest BCUT2D eigenvalue weighted by Crippen LogP contribution is -2.01. The maximum atomic E-state index is 4.07. The van der Waals surface area contributed by atoms with Crippen molar-refractivity contribution in [2.45, 2.75) is 52.4 Å². The summed E-state index contributed by atoms with van der Waals surface area (Å²) < 4.78 is 0. The molecule has 0 radical (unpaired) electrons. The van der Waals surface area contributed by atoms with Gasteiger partial charge in [0.15, 0.2) is 0 Å². The van der Waals surface area contributed by atoms with E-state index in [1.165, 1.54) is 60.9 Å². The minimum absolute atomic E-state index is 0.466. The standard InChI is InChI=1S/C40H40/c1-5-14-34(20-12-15-31-23-25-33(26-24-31)32-16-8-7-9-17-32)38-22-13-21-37(29(3)6-2)40(38)39-28-36-19-11-10-18-35(36)27-30(39)4/h5,7-14,16-23,25,27-29H,1,6,15,24,26H2,2-4H3/b20-12-,34-14+. The molecule has 0 nitrogen and oxygen atoms in total. The fraction of sp³-hybridized carbons (Fsp3) is 0.200. The summed E-state index contributed by atoms with van der Waals surface area (Å²) >= 11 is 0. The van der Waals surface area contributed by atoms with Crippen molar-refractivity contribution >= 4 is 21.9 Å². The van der Waals surface area contributed by atoms with Gasteiger partial charge >= 0.3 is 0 Å². The molecule has 1 aliphatic carbocycles. The highest BCUT2D eigenvalue weighted by molar-refractivity contribution is 5.94. The Morgan fingerprint density at radius 2 is 1.62 bits per heavy atom. The molecule has 0 aromatic heterocycles. The predicted molar refractivity (Wildman–Crippen MR) is 176 cm³/mol. The number of allylic oxidation sites excluding steroid dienone is 9. The number of benzene rings is 4. The van der Waals surface area contributed by atoms with E-state index >= 15 is 0 Å². The average molecular weight is 521 g/mol. The van der Waals surface area contributed by atoms with E-state index in [1.807, 2.05) is 6.08 Å². The molecule has 0 bridgehead atoms. The minimum atomic E-state index is 0.466. The smallest absolute Gasteiger partial charge is 0.00677 e. The Balaban J connectivity index is 1.51. The van der Waals surface area contributed by atoms with E-state index in [0.717, 1.165) is 25.7 Å². The Hall–Kier alpha value is -4.16. The zero-order chi connectivity index (χ0) is 27.9. The minimum Gasteiger partial charge on any atom is -0.0990 e. The zero-order valence-corrected chi connectivity index (χ0v) is 24.2.